The van der Waals surface area contributed by atoms with Crippen molar-refractivity contribution >= 4 is 46.7 Å². The van der Waals surface area contributed by atoms with Gasteiger partial charge in [0, 0.05) is 37.3 Å². The number of nitrogens with one attached hydrogen (secondary N) is 3. The van der Waals surface area contributed by atoms with Crippen LogP contribution in [0.4, 0.5) is 0 Å². The Labute approximate surface area is 316 Å². The van der Waals surface area contributed by atoms with Crippen molar-refractivity contribution in [3.8, 4) is 5.75 Å². The molecule has 2 unspecified atom stereocenters. The molecule has 3 saturated carbocycles. The molecular formula is C40H54ClN5O7. The van der Waals surface area contributed by atoms with Crippen molar-refractivity contribution in [3.63, 3.8) is 0 Å². The summed E-state index contributed by atoms with van der Waals surface area (Å²) in [6.07, 6.45) is 11.9. The van der Waals surface area contributed by atoms with Gasteiger partial charge in [0.05, 0.1) is 29.9 Å². The van der Waals surface area contributed by atoms with Gasteiger partial charge < -0.3 is 30.4 Å². The highest BCUT2D eigenvalue weighted by atomic mass is 35.5. The lowest BCUT2D eigenvalue weighted by Crippen LogP contribution is -2.59. The second kappa shape index (κ2) is 15.2. The van der Waals surface area contributed by atoms with Gasteiger partial charge in [0.15, 0.2) is 5.60 Å². The number of likely N-dealkylation sites (tertiary alicyclic amines) is 1. The molecule has 288 valence electrons. The molecule has 0 aromatic heterocycles. The Morgan fingerprint density at radius 2 is 1.72 bits per heavy atom. The van der Waals surface area contributed by atoms with Crippen LogP contribution >= 0.6 is 11.6 Å². The molecule has 1 aromatic rings. The number of oxime groups is 1. The van der Waals surface area contributed by atoms with Crippen LogP contribution in [0.15, 0.2) is 17.3 Å². The zero-order valence-corrected chi connectivity index (χ0v) is 32.0. The maximum Gasteiger partial charge on any atom is 0.289 e. The van der Waals surface area contributed by atoms with Crippen molar-refractivity contribution in [3.05, 3.63) is 28.3 Å². The van der Waals surface area contributed by atoms with Crippen LogP contribution in [-0.4, -0.2) is 82.9 Å². The second-order valence-corrected chi connectivity index (χ2v) is 17.9. The summed E-state index contributed by atoms with van der Waals surface area (Å²) in [7, 11) is 0. The van der Waals surface area contributed by atoms with Crippen LogP contribution in [0.5, 0.6) is 5.75 Å². The van der Waals surface area contributed by atoms with Crippen molar-refractivity contribution in [2.75, 3.05) is 13.2 Å². The average Bonchev–Trinajstić information content (AvgIpc) is 3.46. The Hall–Kier alpha value is -3.67. The van der Waals surface area contributed by atoms with Crippen LogP contribution in [0.2, 0.25) is 5.02 Å². The summed E-state index contributed by atoms with van der Waals surface area (Å²) in [5.41, 5.74) is 0.721. The van der Waals surface area contributed by atoms with Crippen LogP contribution < -0.4 is 20.7 Å². The van der Waals surface area contributed by atoms with Crippen molar-refractivity contribution in [2.24, 2.45) is 22.4 Å². The second-order valence-electron chi connectivity index (χ2n) is 17.5. The largest absolute Gasteiger partial charge is 0.491 e. The molecule has 1 spiro atoms. The molecule has 53 heavy (non-hydrogen) atoms. The molecule has 6 aliphatic rings. The van der Waals surface area contributed by atoms with Gasteiger partial charge in [0.1, 0.15) is 17.8 Å². The summed E-state index contributed by atoms with van der Waals surface area (Å²) < 4.78 is 5.69. The minimum Gasteiger partial charge on any atom is -0.491 e. The van der Waals surface area contributed by atoms with Crippen molar-refractivity contribution < 1.29 is 33.5 Å². The number of nitrogens with zero attached hydrogens (tertiary/aromatic N) is 2. The monoisotopic (exact) mass is 751 g/mol. The zero-order valence-electron chi connectivity index (χ0n) is 31.3. The first-order valence-corrected chi connectivity index (χ1v) is 20.1. The Balaban J connectivity index is 1.13. The number of ketones is 1. The van der Waals surface area contributed by atoms with E-state index in [9.17, 15) is 24.0 Å². The number of fused-ring (bicyclic) bond motifs is 1. The maximum atomic E-state index is 14.8. The van der Waals surface area contributed by atoms with Gasteiger partial charge in [-0.05, 0) is 67.1 Å². The SMILES string of the molecule is CC(C)(C)[C@H](NC(=O)CC1CCCCC1)C(=O)N1CC2(CC(c3cc(Cl)c4c(c3)CCO4)=NO2)C[C@H]1C(=O)NC(CC1CCC1)C(=O)C(=O)NC1CC1. The summed E-state index contributed by atoms with van der Waals surface area (Å²) in [5.74, 6) is -1.24. The fourth-order valence-corrected chi connectivity index (χ4v) is 8.90. The van der Waals surface area contributed by atoms with Crippen molar-refractivity contribution in [1.82, 2.24) is 20.9 Å². The predicted molar refractivity (Wildman–Crippen MR) is 198 cm³/mol. The third-order valence-corrected chi connectivity index (χ3v) is 12.4. The molecule has 13 heteroatoms. The van der Waals surface area contributed by atoms with Crippen molar-refractivity contribution in [2.45, 2.75) is 147 Å². The number of benzene rings is 1. The third kappa shape index (κ3) is 8.52. The van der Waals surface area contributed by atoms with E-state index in [1.54, 1.807) is 6.07 Å². The molecule has 3 aliphatic heterocycles. The van der Waals surface area contributed by atoms with Gasteiger partial charge in [-0.3, -0.25) is 24.0 Å². The Morgan fingerprint density at radius 1 is 0.981 bits per heavy atom. The van der Waals surface area contributed by atoms with Gasteiger partial charge >= 0.3 is 0 Å². The van der Waals surface area contributed by atoms with Gasteiger partial charge in [0.25, 0.3) is 5.91 Å². The van der Waals surface area contributed by atoms with Gasteiger partial charge in [-0.25, -0.2) is 0 Å². The van der Waals surface area contributed by atoms with E-state index in [0.717, 1.165) is 75.3 Å². The number of halogens is 1. The highest BCUT2D eigenvalue weighted by Crippen LogP contribution is 2.42. The molecule has 12 nitrogen and oxygen atoms in total. The molecule has 1 saturated heterocycles. The fourth-order valence-electron chi connectivity index (χ4n) is 8.60. The van der Waals surface area contributed by atoms with Crippen LogP contribution in [-0.2, 0) is 35.2 Å². The number of rotatable bonds is 12. The summed E-state index contributed by atoms with van der Waals surface area (Å²) in [5, 5.41) is 13.7. The lowest BCUT2D eigenvalue weighted by molar-refractivity contribution is -0.145. The number of carbonyl (C=O) groups excluding carboxylic acids is 5. The smallest absolute Gasteiger partial charge is 0.289 e. The quantitative estimate of drug-likeness (QED) is 0.260. The lowest BCUT2D eigenvalue weighted by Gasteiger charge is -2.36. The Morgan fingerprint density at radius 3 is 2.40 bits per heavy atom. The van der Waals surface area contributed by atoms with E-state index in [2.05, 4.69) is 21.1 Å². The van der Waals surface area contributed by atoms with E-state index < -0.39 is 52.6 Å². The number of ether oxygens (including phenoxy) is 1. The molecule has 4 amide bonds. The van der Waals surface area contributed by atoms with Crippen molar-refractivity contribution in [1.29, 1.82) is 0 Å². The number of hydrogen-bond acceptors (Lipinski definition) is 8. The fraction of sp³-hybridized carbons (Fsp3) is 0.700. The van der Waals surface area contributed by atoms with Crippen LogP contribution in [0.1, 0.15) is 122 Å². The van der Waals surface area contributed by atoms with Crippen LogP contribution in [0.25, 0.3) is 0 Å². The number of hydrogen-bond donors (Lipinski definition) is 3. The molecule has 4 fully saturated rings. The molecule has 0 radical (unpaired) electrons. The highest BCUT2D eigenvalue weighted by Gasteiger charge is 2.56. The number of amides is 4. The number of carbonyl (C=O) groups is 5. The van der Waals surface area contributed by atoms with Crippen LogP contribution in [0.3, 0.4) is 0 Å². The molecule has 3 N–H and O–H groups in total. The van der Waals surface area contributed by atoms with E-state index in [-0.39, 0.29) is 36.8 Å². The van der Waals surface area contributed by atoms with E-state index in [0.29, 0.717) is 42.4 Å². The summed E-state index contributed by atoms with van der Waals surface area (Å²) >= 11 is 6.58. The standard InChI is InChI=1S/C40H54ClN5O7/c1-39(2,3)35(44-32(47)17-24-8-5-4-6-9-24)38(51)46-22-40(20-30(45-53-40)26-18-25-14-15-52-34(25)28(41)19-26)21-31(46)36(49)43-29(16-23-10-7-11-23)33(48)37(50)42-27-12-13-27/h18-19,23-24,27,29,31,35H,4-17,20-22H2,1-3H3,(H,42,50)(H,43,49)(H,44,47)/t29?,31-,35+,40?/m0/s1. The average molecular weight is 752 g/mol. The first kappa shape index (κ1) is 37.6. The van der Waals surface area contributed by atoms with E-state index >= 15 is 0 Å². The summed E-state index contributed by atoms with van der Waals surface area (Å²) in [6.45, 7) is 6.30. The first-order chi connectivity index (χ1) is 25.3. The first-order valence-electron chi connectivity index (χ1n) is 19.7. The lowest BCUT2D eigenvalue weighted by atomic mass is 9.80. The Kier molecular flexibility index (Phi) is 10.8. The van der Waals surface area contributed by atoms with E-state index in [4.69, 9.17) is 21.2 Å². The summed E-state index contributed by atoms with van der Waals surface area (Å²) in [6, 6.07) is 0.837. The minimum atomic E-state index is -1.03. The minimum absolute atomic E-state index is 0.00115. The topological polar surface area (TPSA) is 156 Å². The van der Waals surface area contributed by atoms with E-state index in [1.165, 1.54) is 11.3 Å². The van der Waals surface area contributed by atoms with Gasteiger partial charge in [-0.1, -0.05) is 76.1 Å². The normalized spacial score (nSPS) is 25.4. The molecule has 0 bridgehead atoms. The summed E-state index contributed by atoms with van der Waals surface area (Å²) in [4.78, 5) is 76.8. The molecule has 7 rings (SSSR count). The molecule has 4 atom stereocenters. The molecule has 3 heterocycles. The highest BCUT2D eigenvalue weighted by molar-refractivity contribution is 6.38. The Bertz CT molecular complexity index is 1660. The molecular weight excluding hydrogens is 698 g/mol. The predicted octanol–water partition coefficient (Wildman–Crippen LogP) is 4.76. The molecule has 3 aliphatic carbocycles. The van der Waals surface area contributed by atoms with Gasteiger partial charge in [0.2, 0.25) is 23.5 Å². The zero-order chi connectivity index (χ0) is 37.5. The van der Waals surface area contributed by atoms with Gasteiger partial charge in [-0.2, -0.15) is 0 Å². The number of Topliss-reactive ketones (excluding diaryl/α,β-unsaturated/α-hetero) is 1. The maximum absolute atomic E-state index is 14.8. The third-order valence-electron chi connectivity index (χ3n) is 12.1. The molecule has 1 aromatic carbocycles. The van der Waals surface area contributed by atoms with E-state index in [1.807, 2.05) is 26.8 Å². The van der Waals surface area contributed by atoms with Gasteiger partial charge in [-0.15, -0.1) is 0 Å². The van der Waals surface area contributed by atoms with Crippen LogP contribution in [0, 0.1) is 17.3 Å².